The monoisotopic (exact) mass is 690 g/mol. The zero-order valence-corrected chi connectivity index (χ0v) is 30.8. The molecule has 10 unspecified atom stereocenters. The van der Waals surface area contributed by atoms with Gasteiger partial charge in [0.2, 0.25) is 0 Å². The number of carbonyl (C=O) groups excluding carboxylic acids is 2. The summed E-state index contributed by atoms with van der Waals surface area (Å²) in [6.07, 6.45) is 10.5. The number of aliphatic hydroxyl groups is 3. The maximum atomic E-state index is 13.5. The van der Waals surface area contributed by atoms with Crippen molar-refractivity contribution in [2.75, 3.05) is 33.3 Å². The van der Waals surface area contributed by atoms with Crippen LogP contribution >= 0.6 is 0 Å². The van der Waals surface area contributed by atoms with E-state index in [1.165, 1.54) is 12.8 Å². The maximum Gasteiger partial charge on any atom is 0.410 e. The molecule has 0 radical (unpaired) electrons. The minimum atomic E-state index is -1.14. The SMILES string of the molecule is CCC(O)C(C)C1OC1CC(C)(O)/C=C/C=C(\C)C1OC(=O)CC(O)CCC(C)(OC)C(OC(=O)N2CCCN(C3CC3)CC2)/C=C/C1C. The molecule has 1 aliphatic carbocycles. The third kappa shape index (κ3) is 11.4. The summed E-state index contributed by atoms with van der Waals surface area (Å²) < 4.78 is 23.8. The zero-order chi connectivity index (χ0) is 35.9. The van der Waals surface area contributed by atoms with Crippen LogP contribution in [0.25, 0.3) is 0 Å². The highest BCUT2D eigenvalue weighted by atomic mass is 16.6. The average molecular weight is 691 g/mol. The summed E-state index contributed by atoms with van der Waals surface area (Å²) in [6, 6.07) is 0.651. The molecule has 3 heterocycles. The van der Waals surface area contributed by atoms with Gasteiger partial charge in [-0.3, -0.25) is 9.69 Å². The van der Waals surface area contributed by atoms with Crippen molar-refractivity contribution in [3.63, 3.8) is 0 Å². The van der Waals surface area contributed by atoms with Crippen molar-refractivity contribution in [2.24, 2.45) is 11.8 Å². The number of esters is 1. The maximum absolute atomic E-state index is 13.5. The summed E-state index contributed by atoms with van der Waals surface area (Å²) >= 11 is 0. The molecule has 4 rings (SSSR count). The van der Waals surface area contributed by atoms with Gasteiger partial charge in [0, 0.05) is 57.6 Å². The molecule has 1 amide bonds. The fraction of sp³-hybridized carbons (Fsp3) is 0.789. The Balaban J connectivity index is 1.47. The highest BCUT2D eigenvalue weighted by molar-refractivity contribution is 5.70. The fourth-order valence-corrected chi connectivity index (χ4v) is 7.12. The first-order valence-corrected chi connectivity index (χ1v) is 18.4. The minimum absolute atomic E-state index is 0.00198. The second-order valence-electron chi connectivity index (χ2n) is 15.3. The number of amides is 1. The lowest BCUT2D eigenvalue weighted by Crippen LogP contribution is -2.47. The smallest absolute Gasteiger partial charge is 0.410 e. The van der Waals surface area contributed by atoms with Gasteiger partial charge >= 0.3 is 12.1 Å². The Morgan fingerprint density at radius 2 is 1.94 bits per heavy atom. The van der Waals surface area contributed by atoms with Crippen molar-refractivity contribution >= 4 is 12.1 Å². The number of rotatable bonds is 11. The van der Waals surface area contributed by atoms with E-state index in [9.17, 15) is 24.9 Å². The summed E-state index contributed by atoms with van der Waals surface area (Å²) in [5, 5.41) is 32.0. The van der Waals surface area contributed by atoms with Crippen molar-refractivity contribution in [3.8, 4) is 0 Å². The van der Waals surface area contributed by atoms with Crippen molar-refractivity contribution < 1.29 is 43.9 Å². The molecule has 10 atom stereocenters. The fourth-order valence-electron chi connectivity index (χ4n) is 7.12. The van der Waals surface area contributed by atoms with E-state index in [-0.39, 0.29) is 43.0 Å². The summed E-state index contributed by atoms with van der Waals surface area (Å²) in [5.74, 6) is -0.825. The highest BCUT2D eigenvalue weighted by Gasteiger charge is 2.47. The minimum Gasteiger partial charge on any atom is -0.457 e. The van der Waals surface area contributed by atoms with E-state index in [0.29, 0.717) is 38.4 Å². The van der Waals surface area contributed by atoms with Crippen molar-refractivity contribution in [1.82, 2.24) is 9.80 Å². The molecule has 1 saturated carbocycles. The van der Waals surface area contributed by atoms with E-state index < -0.39 is 41.6 Å². The van der Waals surface area contributed by atoms with Crippen LogP contribution in [0.2, 0.25) is 0 Å². The standard InChI is InChI=1S/C38H62N2O9/c1-8-30(42)27(4)35-31(47-35)24-37(5,45)17-9-11-25(2)34-26(3)12-15-32(38(6,46-7)18-16-29(41)23-33(43)49-34)48-36(44)40-20-10-19-39(21-22-40)28-13-14-28/h9,11-12,15,17,26-32,34-35,41-42,45H,8,10,13-14,16,18-24H2,1-7H3/b15-12+,17-9+,25-11+. The summed E-state index contributed by atoms with van der Waals surface area (Å²) in [4.78, 5) is 30.8. The number of hydrogen-bond acceptors (Lipinski definition) is 10. The number of nitrogens with zero attached hydrogens (tertiary/aromatic N) is 2. The largest absolute Gasteiger partial charge is 0.457 e. The van der Waals surface area contributed by atoms with Gasteiger partial charge in [-0.1, -0.05) is 45.1 Å². The zero-order valence-electron chi connectivity index (χ0n) is 30.8. The van der Waals surface area contributed by atoms with Gasteiger partial charge in [0.05, 0.1) is 36.4 Å². The molecular weight excluding hydrogens is 628 g/mol. The Hall–Kier alpha value is -2.28. The van der Waals surface area contributed by atoms with Crippen LogP contribution in [0.4, 0.5) is 4.79 Å². The second-order valence-corrected chi connectivity index (χ2v) is 15.3. The Bertz CT molecular complexity index is 1200. The molecule has 49 heavy (non-hydrogen) atoms. The van der Waals surface area contributed by atoms with E-state index in [1.807, 2.05) is 52.8 Å². The van der Waals surface area contributed by atoms with Crippen LogP contribution in [-0.4, -0.2) is 124 Å². The molecule has 0 bridgehead atoms. The van der Waals surface area contributed by atoms with Gasteiger partial charge in [0.25, 0.3) is 0 Å². The lowest BCUT2D eigenvalue weighted by Gasteiger charge is -2.36. The summed E-state index contributed by atoms with van der Waals surface area (Å²) in [7, 11) is 1.58. The number of aliphatic hydroxyl groups excluding tert-OH is 2. The van der Waals surface area contributed by atoms with Gasteiger partial charge in [0.15, 0.2) is 6.10 Å². The second kappa shape index (κ2) is 17.3. The van der Waals surface area contributed by atoms with E-state index in [0.717, 1.165) is 25.1 Å². The van der Waals surface area contributed by atoms with Crippen LogP contribution in [0.15, 0.2) is 36.0 Å². The Labute approximate surface area is 293 Å². The van der Waals surface area contributed by atoms with E-state index in [1.54, 1.807) is 31.1 Å². The van der Waals surface area contributed by atoms with Crippen molar-refractivity contribution in [2.45, 2.75) is 147 Å². The Morgan fingerprint density at radius 1 is 1.20 bits per heavy atom. The lowest BCUT2D eigenvalue weighted by molar-refractivity contribution is -0.151. The van der Waals surface area contributed by atoms with E-state index in [4.69, 9.17) is 18.9 Å². The molecule has 3 aliphatic heterocycles. The molecule has 0 aromatic carbocycles. The number of hydrogen-bond donors (Lipinski definition) is 3. The normalized spacial score (nSPS) is 35.7. The number of carbonyl (C=O) groups is 2. The molecule has 2 saturated heterocycles. The summed E-state index contributed by atoms with van der Waals surface area (Å²) in [5.41, 5.74) is -1.33. The first-order valence-electron chi connectivity index (χ1n) is 18.4. The van der Waals surface area contributed by atoms with Gasteiger partial charge in [-0.25, -0.2) is 4.79 Å². The quantitative estimate of drug-likeness (QED) is 0.123. The van der Waals surface area contributed by atoms with Gasteiger partial charge in [-0.05, 0) is 70.9 Å². The number of allylic oxidation sites excluding steroid dienone is 2. The van der Waals surface area contributed by atoms with Crippen LogP contribution < -0.4 is 0 Å². The van der Waals surface area contributed by atoms with Gasteiger partial charge in [-0.15, -0.1) is 0 Å². The Kier molecular flexibility index (Phi) is 13.9. The van der Waals surface area contributed by atoms with Crippen LogP contribution in [0.5, 0.6) is 0 Å². The molecular formula is C38H62N2O9. The van der Waals surface area contributed by atoms with E-state index >= 15 is 0 Å². The first kappa shape index (κ1) is 39.5. The third-order valence-corrected chi connectivity index (χ3v) is 10.9. The summed E-state index contributed by atoms with van der Waals surface area (Å²) in [6.45, 7) is 14.4. The number of methoxy groups -OCH3 is 1. The third-order valence-electron chi connectivity index (χ3n) is 10.9. The number of ether oxygens (including phenoxy) is 4. The molecule has 4 aliphatic rings. The highest BCUT2D eigenvalue weighted by Crippen LogP contribution is 2.38. The molecule has 11 nitrogen and oxygen atoms in total. The molecule has 0 aromatic heterocycles. The molecule has 11 heteroatoms. The predicted octanol–water partition coefficient (Wildman–Crippen LogP) is 4.53. The average Bonchev–Trinajstić information content (AvgIpc) is 3.97. The van der Waals surface area contributed by atoms with Crippen LogP contribution in [-0.2, 0) is 23.7 Å². The van der Waals surface area contributed by atoms with Gasteiger partial charge < -0.3 is 39.2 Å². The molecule has 3 fully saturated rings. The Morgan fingerprint density at radius 3 is 2.61 bits per heavy atom. The van der Waals surface area contributed by atoms with Crippen LogP contribution in [0.1, 0.15) is 92.9 Å². The van der Waals surface area contributed by atoms with E-state index in [2.05, 4.69) is 4.90 Å². The first-order chi connectivity index (χ1) is 23.2. The van der Waals surface area contributed by atoms with Crippen molar-refractivity contribution in [1.29, 1.82) is 0 Å². The molecule has 278 valence electrons. The van der Waals surface area contributed by atoms with Gasteiger partial charge in [-0.2, -0.15) is 0 Å². The number of cyclic esters (lactones) is 1. The molecule has 0 aromatic rings. The van der Waals surface area contributed by atoms with Crippen LogP contribution in [0.3, 0.4) is 0 Å². The van der Waals surface area contributed by atoms with Crippen molar-refractivity contribution in [3.05, 3.63) is 36.0 Å². The lowest BCUT2D eigenvalue weighted by atomic mass is 9.88. The predicted molar refractivity (Wildman–Crippen MR) is 187 cm³/mol. The molecule has 0 spiro atoms. The van der Waals surface area contributed by atoms with Crippen LogP contribution in [0, 0.1) is 11.8 Å². The topological polar surface area (TPSA) is 142 Å². The number of epoxide rings is 1. The molecule has 3 N–H and O–H groups in total. The van der Waals surface area contributed by atoms with Gasteiger partial charge in [0.1, 0.15) is 11.7 Å².